The van der Waals surface area contributed by atoms with Crippen molar-refractivity contribution in [3.8, 4) is 0 Å². The Bertz CT molecular complexity index is 676. The van der Waals surface area contributed by atoms with Gasteiger partial charge in [0.1, 0.15) is 23.8 Å². The first-order valence-electron chi connectivity index (χ1n) is 8.57. The van der Waals surface area contributed by atoms with E-state index in [4.69, 9.17) is 4.74 Å². The topological polar surface area (TPSA) is 53.5 Å². The van der Waals surface area contributed by atoms with Gasteiger partial charge in [-0.1, -0.05) is 12.1 Å². The molecule has 0 bridgehead atoms. The van der Waals surface area contributed by atoms with Crippen molar-refractivity contribution < 1.29 is 9.13 Å². The number of para-hydroxylation sites is 1. The molecule has 1 aliphatic heterocycles. The fourth-order valence-corrected chi connectivity index (χ4v) is 2.93. The maximum Gasteiger partial charge on any atom is 0.146 e. The fourth-order valence-electron chi connectivity index (χ4n) is 2.93. The molecule has 7 heteroatoms. The van der Waals surface area contributed by atoms with E-state index in [1.807, 2.05) is 18.2 Å². The van der Waals surface area contributed by atoms with Gasteiger partial charge in [0, 0.05) is 52.5 Å². The molecule has 1 saturated heterocycles. The maximum absolute atomic E-state index is 13.9. The van der Waals surface area contributed by atoms with Crippen LogP contribution in [0.3, 0.4) is 0 Å². The number of ether oxygens (including phenoxy) is 1. The standard InChI is InChI=1S/C18H24FN5O/c1-25-12-4-7-20-17-13-18(22-14-21-17)24-10-8-23(9-11-24)16-6-3-2-5-15(16)19/h2-3,5-6,13-14H,4,7-12H2,1H3,(H,20,21,22). The Labute approximate surface area is 147 Å². The summed E-state index contributed by atoms with van der Waals surface area (Å²) in [4.78, 5) is 12.9. The van der Waals surface area contributed by atoms with Crippen LogP contribution in [-0.4, -0.2) is 56.4 Å². The van der Waals surface area contributed by atoms with Crippen LogP contribution in [0.15, 0.2) is 36.7 Å². The Morgan fingerprint density at radius 2 is 1.88 bits per heavy atom. The highest BCUT2D eigenvalue weighted by Crippen LogP contribution is 2.22. The lowest BCUT2D eigenvalue weighted by molar-refractivity contribution is 0.198. The van der Waals surface area contributed by atoms with Gasteiger partial charge in [-0.25, -0.2) is 14.4 Å². The van der Waals surface area contributed by atoms with Gasteiger partial charge >= 0.3 is 0 Å². The predicted octanol–water partition coefficient (Wildman–Crippen LogP) is 2.39. The smallest absolute Gasteiger partial charge is 0.146 e. The lowest BCUT2D eigenvalue weighted by Gasteiger charge is -2.36. The third-order valence-corrected chi connectivity index (χ3v) is 4.28. The molecule has 0 saturated carbocycles. The summed E-state index contributed by atoms with van der Waals surface area (Å²) in [5, 5.41) is 3.28. The summed E-state index contributed by atoms with van der Waals surface area (Å²) in [6.45, 7) is 4.67. The molecule has 0 aliphatic carbocycles. The quantitative estimate of drug-likeness (QED) is 0.778. The van der Waals surface area contributed by atoms with Crippen molar-refractivity contribution >= 4 is 17.3 Å². The van der Waals surface area contributed by atoms with E-state index >= 15 is 0 Å². The average molecular weight is 345 g/mol. The second kappa shape index (κ2) is 8.62. The second-order valence-electron chi connectivity index (χ2n) is 5.96. The van der Waals surface area contributed by atoms with Crippen molar-refractivity contribution in [3.05, 3.63) is 42.5 Å². The van der Waals surface area contributed by atoms with Crippen LogP contribution in [-0.2, 0) is 4.74 Å². The average Bonchev–Trinajstić information content (AvgIpc) is 2.66. The number of piperazine rings is 1. The van der Waals surface area contributed by atoms with Gasteiger partial charge in [-0.3, -0.25) is 0 Å². The lowest BCUT2D eigenvalue weighted by atomic mass is 10.2. The second-order valence-corrected chi connectivity index (χ2v) is 5.96. The minimum Gasteiger partial charge on any atom is -0.385 e. The number of benzene rings is 1. The summed E-state index contributed by atoms with van der Waals surface area (Å²) in [6, 6.07) is 8.89. The third kappa shape index (κ3) is 4.57. The SMILES string of the molecule is COCCCNc1cc(N2CCN(c3ccccc3F)CC2)ncn1. The van der Waals surface area contributed by atoms with Gasteiger partial charge in [0.05, 0.1) is 5.69 Å². The summed E-state index contributed by atoms with van der Waals surface area (Å²) in [5.74, 6) is 1.55. The van der Waals surface area contributed by atoms with E-state index in [1.165, 1.54) is 6.07 Å². The highest BCUT2D eigenvalue weighted by atomic mass is 19.1. The zero-order chi connectivity index (χ0) is 17.5. The number of nitrogens with zero attached hydrogens (tertiary/aromatic N) is 4. The van der Waals surface area contributed by atoms with Crippen molar-refractivity contribution in [2.45, 2.75) is 6.42 Å². The van der Waals surface area contributed by atoms with E-state index < -0.39 is 0 Å². The molecular formula is C18H24FN5O. The molecule has 1 aliphatic rings. The summed E-state index contributed by atoms with van der Waals surface area (Å²) in [5.41, 5.74) is 0.672. The van der Waals surface area contributed by atoms with Gasteiger partial charge in [-0.2, -0.15) is 0 Å². The maximum atomic E-state index is 13.9. The van der Waals surface area contributed by atoms with Gasteiger partial charge in [-0.15, -0.1) is 0 Å². The number of methoxy groups -OCH3 is 1. The van der Waals surface area contributed by atoms with Gasteiger partial charge in [-0.05, 0) is 18.6 Å². The molecule has 2 heterocycles. The minimum atomic E-state index is -0.166. The van der Waals surface area contributed by atoms with E-state index in [-0.39, 0.29) is 5.82 Å². The van der Waals surface area contributed by atoms with Gasteiger partial charge in [0.15, 0.2) is 0 Å². The minimum absolute atomic E-state index is 0.166. The first-order valence-corrected chi connectivity index (χ1v) is 8.57. The molecule has 0 spiro atoms. The van der Waals surface area contributed by atoms with E-state index in [2.05, 4.69) is 25.1 Å². The molecule has 0 unspecified atom stereocenters. The largest absolute Gasteiger partial charge is 0.385 e. The number of nitrogens with one attached hydrogen (secondary N) is 1. The Morgan fingerprint density at radius 1 is 1.12 bits per heavy atom. The number of hydrogen-bond acceptors (Lipinski definition) is 6. The number of aromatic nitrogens is 2. The van der Waals surface area contributed by atoms with Crippen molar-refractivity contribution in [2.75, 3.05) is 61.6 Å². The summed E-state index contributed by atoms with van der Waals surface area (Å²) in [7, 11) is 1.70. The summed E-state index contributed by atoms with van der Waals surface area (Å²) < 4.78 is 19.0. The molecule has 1 N–H and O–H groups in total. The monoisotopic (exact) mass is 345 g/mol. The molecule has 0 amide bonds. The van der Waals surface area contributed by atoms with Crippen molar-refractivity contribution in [2.24, 2.45) is 0 Å². The first-order chi connectivity index (χ1) is 12.3. The first kappa shape index (κ1) is 17.4. The van der Waals surface area contributed by atoms with E-state index in [0.29, 0.717) is 5.69 Å². The van der Waals surface area contributed by atoms with Crippen LogP contribution in [0.5, 0.6) is 0 Å². The number of hydrogen-bond donors (Lipinski definition) is 1. The summed E-state index contributed by atoms with van der Waals surface area (Å²) >= 11 is 0. The van der Waals surface area contributed by atoms with Crippen molar-refractivity contribution in [3.63, 3.8) is 0 Å². The van der Waals surface area contributed by atoms with E-state index in [1.54, 1.807) is 19.5 Å². The molecule has 2 aromatic rings. The molecule has 134 valence electrons. The van der Waals surface area contributed by atoms with Crippen molar-refractivity contribution in [1.82, 2.24) is 9.97 Å². The van der Waals surface area contributed by atoms with Crippen LogP contribution in [0, 0.1) is 5.82 Å². The highest BCUT2D eigenvalue weighted by molar-refractivity contribution is 5.52. The van der Waals surface area contributed by atoms with E-state index in [9.17, 15) is 4.39 Å². The zero-order valence-electron chi connectivity index (χ0n) is 14.5. The van der Waals surface area contributed by atoms with Crippen LogP contribution < -0.4 is 15.1 Å². The van der Waals surface area contributed by atoms with Gasteiger partial charge in [0.2, 0.25) is 0 Å². The van der Waals surface area contributed by atoms with Crippen LogP contribution in [0.4, 0.5) is 21.7 Å². The fraction of sp³-hybridized carbons (Fsp3) is 0.444. The zero-order valence-corrected chi connectivity index (χ0v) is 14.5. The lowest BCUT2D eigenvalue weighted by Crippen LogP contribution is -2.47. The Hall–Kier alpha value is -2.41. The highest BCUT2D eigenvalue weighted by Gasteiger charge is 2.20. The molecule has 1 aromatic heterocycles. The van der Waals surface area contributed by atoms with Crippen LogP contribution >= 0.6 is 0 Å². The normalized spacial score (nSPS) is 14.6. The number of anilines is 3. The molecule has 0 atom stereocenters. The van der Waals surface area contributed by atoms with Gasteiger partial charge < -0.3 is 19.9 Å². The molecule has 3 rings (SSSR count). The number of halogens is 1. The molecule has 1 aromatic carbocycles. The molecular weight excluding hydrogens is 321 g/mol. The molecule has 1 fully saturated rings. The summed E-state index contributed by atoms with van der Waals surface area (Å²) in [6.07, 6.45) is 2.51. The third-order valence-electron chi connectivity index (χ3n) is 4.28. The van der Waals surface area contributed by atoms with Crippen LogP contribution in [0.1, 0.15) is 6.42 Å². The molecule has 6 nitrogen and oxygen atoms in total. The van der Waals surface area contributed by atoms with Crippen molar-refractivity contribution in [1.29, 1.82) is 0 Å². The van der Waals surface area contributed by atoms with Gasteiger partial charge in [0.25, 0.3) is 0 Å². The molecule has 0 radical (unpaired) electrons. The Kier molecular flexibility index (Phi) is 6.00. The van der Waals surface area contributed by atoms with E-state index in [0.717, 1.165) is 57.4 Å². The predicted molar refractivity (Wildman–Crippen MR) is 97.8 cm³/mol. The van der Waals surface area contributed by atoms with Crippen LogP contribution in [0.25, 0.3) is 0 Å². The number of rotatable bonds is 7. The Morgan fingerprint density at radius 3 is 2.64 bits per heavy atom. The Balaban J connectivity index is 1.56. The van der Waals surface area contributed by atoms with Crippen LogP contribution in [0.2, 0.25) is 0 Å². The molecule has 25 heavy (non-hydrogen) atoms.